The largest absolute Gasteiger partial charge is 0.325 e. The fourth-order valence-electron chi connectivity index (χ4n) is 14.5. The Hall–Kier alpha value is -8.45. The van der Waals surface area contributed by atoms with Gasteiger partial charge in [-0.1, -0.05) is 352 Å². The topological polar surface area (TPSA) is 0 Å². The molecule has 0 N–H and O–H groups in total. The maximum atomic E-state index is 2.48. The number of hydrogen-bond acceptors (Lipinski definition) is 0. The molecule has 0 saturated heterocycles. The van der Waals surface area contributed by atoms with Gasteiger partial charge in [0.1, 0.15) is 12.3 Å². The summed E-state index contributed by atoms with van der Waals surface area (Å²) >= 11 is 0. The molecular weight excluding hydrogens is 1170 g/mol. The second kappa shape index (κ2) is 35.2. The van der Waals surface area contributed by atoms with Gasteiger partial charge in [0.05, 0.1) is 52.4 Å². The summed E-state index contributed by atoms with van der Waals surface area (Å²) in [7, 11) is -1.41. The van der Waals surface area contributed by atoms with Crippen molar-refractivity contribution >= 4 is 104 Å². The summed E-state index contributed by atoms with van der Waals surface area (Å²) in [5, 5.41) is 8.19. The highest BCUT2D eigenvalue weighted by Gasteiger charge is 2.34. The van der Waals surface area contributed by atoms with Crippen LogP contribution in [0.2, 0.25) is 0 Å². The fourth-order valence-corrected chi connectivity index (χ4v) is 19.2. The molecular formula is C88H98B2N2P2. The van der Waals surface area contributed by atoms with Gasteiger partial charge in [0.2, 0.25) is 0 Å². The summed E-state index contributed by atoms with van der Waals surface area (Å²) < 4.78 is 2.56. The maximum Gasteiger partial charge on any atom is 0.108 e. The van der Waals surface area contributed by atoms with E-state index in [4.69, 9.17) is 0 Å². The highest BCUT2D eigenvalue weighted by Crippen LogP contribution is 2.34. The van der Waals surface area contributed by atoms with E-state index in [1.54, 1.807) is 0 Å². The van der Waals surface area contributed by atoms with E-state index in [0.717, 1.165) is 0 Å². The van der Waals surface area contributed by atoms with Crippen molar-refractivity contribution in [2.45, 2.75) is 55.4 Å². The highest BCUT2D eigenvalue weighted by atomic mass is 31.1. The Labute approximate surface area is 568 Å². The van der Waals surface area contributed by atoms with E-state index in [1.807, 2.05) is 0 Å². The van der Waals surface area contributed by atoms with Crippen LogP contribution in [0.1, 0.15) is 55.4 Å². The van der Waals surface area contributed by atoms with Gasteiger partial charge >= 0.3 is 0 Å². The first-order valence-electron chi connectivity index (χ1n) is 34.6. The molecule has 0 saturated carbocycles. The van der Waals surface area contributed by atoms with E-state index in [1.165, 1.54) is 137 Å². The molecule has 0 unspecified atom stereocenters. The molecule has 0 radical (unpaired) electrons. The Balaban J connectivity index is 0.000000176. The average Bonchev–Trinajstić information content (AvgIpc) is 0.745. The van der Waals surface area contributed by atoms with Gasteiger partial charge in [0, 0.05) is 0 Å². The minimum Gasteiger partial charge on any atom is -0.325 e. The molecule has 0 amide bonds. The minimum absolute atomic E-state index is 0.706. The van der Waals surface area contributed by atoms with E-state index in [-0.39, 0.29) is 0 Å². The van der Waals surface area contributed by atoms with Gasteiger partial charge in [0.15, 0.2) is 0 Å². The van der Waals surface area contributed by atoms with E-state index < -0.39 is 28.1 Å². The van der Waals surface area contributed by atoms with E-state index in [2.05, 4.69) is 407 Å². The van der Waals surface area contributed by atoms with Crippen LogP contribution in [0.25, 0.3) is 0 Å². The van der Waals surface area contributed by atoms with Gasteiger partial charge in [-0.05, 0) is 103 Å². The molecule has 6 heteroatoms. The Morgan fingerprint density at radius 1 is 0.181 bits per heavy atom. The van der Waals surface area contributed by atoms with Crippen molar-refractivity contribution in [1.82, 2.24) is 0 Å². The first kappa shape index (κ1) is 69.9. The van der Waals surface area contributed by atoms with Crippen molar-refractivity contribution < 1.29 is 8.97 Å². The van der Waals surface area contributed by atoms with Crippen LogP contribution in [0.4, 0.5) is 0 Å². The lowest BCUT2D eigenvalue weighted by Crippen LogP contribution is -2.75. The maximum absolute atomic E-state index is 2.48. The molecule has 12 rings (SSSR count). The van der Waals surface area contributed by atoms with Gasteiger partial charge in [0.25, 0.3) is 0 Å². The lowest BCUT2D eigenvalue weighted by Gasteiger charge is -2.44. The zero-order chi connectivity index (χ0) is 65.9. The summed E-state index contributed by atoms with van der Waals surface area (Å²) in [5.41, 5.74) is 10.6. The summed E-state index contributed by atoms with van der Waals surface area (Å²) in [4.78, 5) is 0. The lowest BCUT2D eigenvalue weighted by atomic mass is 9.13. The third-order valence-electron chi connectivity index (χ3n) is 20.5. The Kier molecular flexibility index (Phi) is 26.1. The van der Waals surface area contributed by atoms with Crippen molar-refractivity contribution in [3.8, 4) is 0 Å². The summed E-state index contributed by atoms with van der Waals surface area (Å²) in [6, 6.07) is 129. The minimum atomic E-state index is -1.40. The van der Waals surface area contributed by atoms with Crippen LogP contribution in [-0.4, -0.2) is 73.6 Å². The first-order valence-corrected chi connectivity index (χ1v) is 37.3. The molecule has 0 aliphatic carbocycles. The van der Waals surface area contributed by atoms with Crippen LogP contribution in [0.15, 0.2) is 352 Å². The zero-order valence-corrected chi connectivity index (χ0v) is 58.9. The molecule has 2 nitrogen and oxygen atoms in total. The van der Waals surface area contributed by atoms with Gasteiger partial charge in [-0.3, -0.25) is 0 Å². The predicted octanol–water partition coefficient (Wildman–Crippen LogP) is 13.4. The SMILES string of the molecule is CC[N+](CC)(CC)CC.CC[N+](CC)(CC)CC.c1ccc(P(c2ccccc2)c2cccc([B-](c3ccccc3)(c3ccccc3)c3ccccc3)c2)cc1.c1ccc(P(c2ccccc2)c2cccc([B-](c3ccccc3)(c3ccccc3)c3ccccc3)c2)cc1. The molecule has 0 aromatic heterocycles. The predicted molar refractivity (Wildman–Crippen MR) is 422 cm³/mol. The Bertz CT molecular complexity index is 3470. The molecule has 476 valence electrons. The molecule has 0 atom stereocenters. The second-order valence-corrected chi connectivity index (χ2v) is 29.1. The average molecular weight is 1270 g/mol. The van der Waals surface area contributed by atoms with Crippen LogP contribution < -0.4 is 75.5 Å². The molecule has 0 fully saturated rings. The Morgan fingerprint density at radius 2 is 0.330 bits per heavy atom. The van der Waals surface area contributed by atoms with Crippen LogP contribution in [0.3, 0.4) is 0 Å². The van der Waals surface area contributed by atoms with Crippen molar-refractivity contribution in [1.29, 1.82) is 0 Å². The van der Waals surface area contributed by atoms with Gasteiger partial charge in [-0.2, -0.15) is 43.7 Å². The van der Waals surface area contributed by atoms with Crippen LogP contribution in [-0.2, 0) is 0 Å². The monoisotopic (exact) mass is 1270 g/mol. The second-order valence-electron chi connectivity index (χ2n) is 24.6. The molecule has 0 heterocycles. The molecule has 0 spiro atoms. The number of quaternary nitrogens is 2. The third kappa shape index (κ3) is 16.2. The molecule has 0 aliphatic rings. The van der Waals surface area contributed by atoms with Crippen molar-refractivity contribution in [3.05, 3.63) is 352 Å². The molecule has 0 aliphatic heterocycles. The van der Waals surface area contributed by atoms with E-state index in [0.29, 0.717) is 0 Å². The van der Waals surface area contributed by atoms with Crippen LogP contribution in [0.5, 0.6) is 0 Å². The van der Waals surface area contributed by atoms with Crippen molar-refractivity contribution in [3.63, 3.8) is 0 Å². The molecule has 12 aromatic carbocycles. The van der Waals surface area contributed by atoms with Crippen molar-refractivity contribution in [2.75, 3.05) is 52.4 Å². The number of nitrogens with zero attached hydrogens (tertiary/aromatic N) is 2. The molecule has 12 aromatic rings. The molecule has 0 bridgehead atoms. The third-order valence-corrected chi connectivity index (χ3v) is 25.3. The van der Waals surface area contributed by atoms with E-state index >= 15 is 0 Å². The van der Waals surface area contributed by atoms with E-state index in [9.17, 15) is 0 Å². The quantitative estimate of drug-likeness (QED) is 0.0360. The first-order chi connectivity index (χ1) is 46.2. The van der Waals surface area contributed by atoms with Gasteiger partial charge < -0.3 is 8.97 Å². The summed E-state index contributed by atoms with van der Waals surface area (Å²) in [5.74, 6) is 0. The van der Waals surface area contributed by atoms with Gasteiger partial charge in [-0.25, -0.2) is 0 Å². The fraction of sp³-hybridized carbons (Fsp3) is 0.182. The van der Waals surface area contributed by atoms with Crippen LogP contribution in [0, 0.1) is 0 Å². The lowest BCUT2D eigenvalue weighted by molar-refractivity contribution is -0.921. The smallest absolute Gasteiger partial charge is 0.108 e. The highest BCUT2D eigenvalue weighted by molar-refractivity contribution is 7.80. The number of benzene rings is 12. The summed E-state index contributed by atoms with van der Waals surface area (Å²) in [6.45, 7) is 28.4. The van der Waals surface area contributed by atoms with Crippen molar-refractivity contribution in [2.24, 2.45) is 0 Å². The number of rotatable bonds is 22. The normalized spacial score (nSPS) is 11.5. The zero-order valence-electron chi connectivity index (χ0n) is 57.1. The Morgan fingerprint density at radius 3 is 0.489 bits per heavy atom. The molecule has 94 heavy (non-hydrogen) atoms. The van der Waals surface area contributed by atoms with Crippen LogP contribution >= 0.6 is 15.8 Å². The summed E-state index contributed by atoms with van der Waals surface area (Å²) in [6.07, 6.45) is -2.81. The van der Waals surface area contributed by atoms with Gasteiger partial charge in [-0.15, -0.1) is 0 Å². The number of hydrogen-bond donors (Lipinski definition) is 0. The standard InChI is InChI=1S/2C36H29BP.2C8H20N/c2*1-6-17-30(18-7-1)37(31-19-8-2-9-20-31,32-21-10-3-11-22-32)33-23-16-28-36(29-33)38(34-24-12-4-13-25-34)35-26-14-5-15-27-35;2*1-5-9(6-2,7-3)8-4/h2*1-29H;2*5-8H2,1-4H3/q2*-1;2*+1.